The minimum absolute atomic E-state index is 0.0956. The summed E-state index contributed by atoms with van der Waals surface area (Å²) in [6.07, 6.45) is 0.200. The average molecular weight is 253 g/mol. The SMILES string of the molecule is Cc1cccc(NC(=O)[C@@H]2Cc3ccccc3O2)c1. The summed E-state index contributed by atoms with van der Waals surface area (Å²) in [4.78, 5) is 12.2. The number of hydrogen-bond donors (Lipinski definition) is 1. The summed E-state index contributed by atoms with van der Waals surface area (Å²) < 4.78 is 5.66. The van der Waals surface area contributed by atoms with Crippen LogP contribution in [0.25, 0.3) is 0 Å². The van der Waals surface area contributed by atoms with Crippen molar-refractivity contribution in [3.63, 3.8) is 0 Å². The fraction of sp³-hybridized carbons (Fsp3) is 0.188. The van der Waals surface area contributed by atoms with Crippen molar-refractivity contribution in [1.29, 1.82) is 0 Å². The van der Waals surface area contributed by atoms with Crippen molar-refractivity contribution in [2.75, 3.05) is 5.32 Å². The second-order valence-corrected chi connectivity index (χ2v) is 4.78. The van der Waals surface area contributed by atoms with E-state index >= 15 is 0 Å². The Morgan fingerprint density at radius 3 is 2.84 bits per heavy atom. The largest absolute Gasteiger partial charge is 0.480 e. The van der Waals surface area contributed by atoms with Gasteiger partial charge < -0.3 is 10.1 Å². The smallest absolute Gasteiger partial charge is 0.265 e. The van der Waals surface area contributed by atoms with Gasteiger partial charge in [-0.25, -0.2) is 0 Å². The van der Waals surface area contributed by atoms with Gasteiger partial charge in [0.25, 0.3) is 5.91 Å². The van der Waals surface area contributed by atoms with Crippen molar-refractivity contribution < 1.29 is 9.53 Å². The summed E-state index contributed by atoms with van der Waals surface area (Å²) in [5.41, 5.74) is 3.02. The second kappa shape index (κ2) is 4.76. The molecule has 1 heterocycles. The molecular formula is C16H15NO2. The van der Waals surface area contributed by atoms with Gasteiger partial charge in [-0.15, -0.1) is 0 Å². The molecule has 1 aliphatic rings. The molecule has 1 N–H and O–H groups in total. The van der Waals surface area contributed by atoms with Gasteiger partial charge in [0.2, 0.25) is 0 Å². The fourth-order valence-corrected chi connectivity index (χ4v) is 2.27. The third kappa shape index (κ3) is 2.45. The molecule has 0 aliphatic carbocycles. The van der Waals surface area contributed by atoms with Gasteiger partial charge in [0.15, 0.2) is 6.10 Å². The molecule has 0 saturated heterocycles. The van der Waals surface area contributed by atoms with Gasteiger partial charge in [0.05, 0.1) is 0 Å². The van der Waals surface area contributed by atoms with Gasteiger partial charge in [-0.3, -0.25) is 4.79 Å². The molecule has 1 amide bonds. The van der Waals surface area contributed by atoms with Crippen molar-refractivity contribution in [1.82, 2.24) is 0 Å². The zero-order chi connectivity index (χ0) is 13.2. The van der Waals surface area contributed by atoms with E-state index in [2.05, 4.69) is 5.32 Å². The Bertz CT molecular complexity index is 597. The lowest BCUT2D eigenvalue weighted by molar-refractivity contribution is -0.122. The zero-order valence-corrected chi connectivity index (χ0v) is 10.7. The number of benzene rings is 2. The van der Waals surface area contributed by atoms with Crippen LogP contribution in [0.3, 0.4) is 0 Å². The van der Waals surface area contributed by atoms with Crippen LogP contribution in [0.15, 0.2) is 48.5 Å². The van der Waals surface area contributed by atoms with Crippen LogP contribution in [0.2, 0.25) is 0 Å². The zero-order valence-electron chi connectivity index (χ0n) is 10.7. The topological polar surface area (TPSA) is 38.3 Å². The molecule has 0 unspecified atom stereocenters. The van der Waals surface area contributed by atoms with E-state index in [-0.39, 0.29) is 5.91 Å². The van der Waals surface area contributed by atoms with Crippen LogP contribution >= 0.6 is 0 Å². The number of ether oxygens (including phenoxy) is 1. The lowest BCUT2D eigenvalue weighted by Crippen LogP contribution is -2.31. The summed E-state index contributed by atoms with van der Waals surface area (Å²) in [6.45, 7) is 2.00. The number of carbonyl (C=O) groups is 1. The number of aryl methyl sites for hydroxylation is 1. The third-order valence-electron chi connectivity index (χ3n) is 3.23. The van der Waals surface area contributed by atoms with Gasteiger partial charge in [-0.2, -0.15) is 0 Å². The molecule has 3 rings (SSSR count). The number of anilines is 1. The highest BCUT2D eigenvalue weighted by Gasteiger charge is 2.28. The molecular weight excluding hydrogens is 238 g/mol. The Morgan fingerprint density at radius 1 is 1.21 bits per heavy atom. The van der Waals surface area contributed by atoms with Crippen LogP contribution < -0.4 is 10.1 Å². The highest BCUT2D eigenvalue weighted by atomic mass is 16.5. The molecule has 0 spiro atoms. The number of nitrogens with one attached hydrogen (secondary N) is 1. The van der Waals surface area contributed by atoms with E-state index in [9.17, 15) is 4.79 Å². The predicted molar refractivity (Wildman–Crippen MR) is 74.4 cm³/mol. The summed E-state index contributed by atoms with van der Waals surface area (Å²) in [7, 11) is 0. The van der Waals surface area contributed by atoms with Crippen molar-refractivity contribution in [2.24, 2.45) is 0 Å². The minimum atomic E-state index is -0.432. The first kappa shape index (κ1) is 11.8. The molecule has 2 aromatic rings. The average Bonchev–Trinajstić information content (AvgIpc) is 2.82. The van der Waals surface area contributed by atoms with Gasteiger partial charge in [-0.05, 0) is 36.2 Å². The quantitative estimate of drug-likeness (QED) is 0.893. The maximum absolute atomic E-state index is 12.2. The number of fused-ring (bicyclic) bond motifs is 1. The van der Waals surface area contributed by atoms with E-state index in [1.807, 2.05) is 55.5 Å². The van der Waals surface area contributed by atoms with E-state index in [1.54, 1.807) is 0 Å². The van der Waals surface area contributed by atoms with Crippen LogP contribution in [-0.4, -0.2) is 12.0 Å². The fourth-order valence-electron chi connectivity index (χ4n) is 2.27. The normalized spacial score (nSPS) is 16.6. The molecule has 0 aromatic heterocycles. The molecule has 1 atom stereocenters. The lowest BCUT2D eigenvalue weighted by atomic mass is 10.1. The number of para-hydroxylation sites is 1. The van der Waals surface area contributed by atoms with Crippen molar-refractivity contribution >= 4 is 11.6 Å². The monoisotopic (exact) mass is 253 g/mol. The van der Waals surface area contributed by atoms with Gasteiger partial charge >= 0.3 is 0 Å². The Balaban J connectivity index is 1.70. The number of amides is 1. The van der Waals surface area contributed by atoms with Gasteiger partial charge in [0, 0.05) is 12.1 Å². The first-order valence-electron chi connectivity index (χ1n) is 6.34. The van der Waals surface area contributed by atoms with E-state index in [4.69, 9.17) is 4.74 Å². The highest BCUT2D eigenvalue weighted by molar-refractivity contribution is 5.95. The molecule has 0 radical (unpaired) electrons. The standard InChI is InChI=1S/C16H15NO2/c1-11-5-4-7-13(9-11)17-16(18)15-10-12-6-2-3-8-14(12)19-15/h2-9,15H,10H2,1H3,(H,17,18)/t15-/m0/s1. The summed E-state index contributed by atoms with van der Waals surface area (Å²) in [5, 5.41) is 2.90. The van der Waals surface area contributed by atoms with Crippen LogP contribution in [0.5, 0.6) is 5.75 Å². The summed E-state index contributed by atoms with van der Waals surface area (Å²) in [6, 6.07) is 15.5. The van der Waals surface area contributed by atoms with Crippen molar-refractivity contribution in [3.8, 4) is 5.75 Å². The van der Waals surface area contributed by atoms with E-state index in [0.717, 1.165) is 22.6 Å². The first-order valence-corrected chi connectivity index (χ1v) is 6.34. The number of carbonyl (C=O) groups excluding carboxylic acids is 1. The molecule has 96 valence electrons. The highest BCUT2D eigenvalue weighted by Crippen LogP contribution is 2.28. The van der Waals surface area contributed by atoms with Crippen LogP contribution in [0.4, 0.5) is 5.69 Å². The maximum Gasteiger partial charge on any atom is 0.265 e. The summed E-state index contributed by atoms with van der Waals surface area (Å²) in [5.74, 6) is 0.716. The number of rotatable bonds is 2. The lowest BCUT2D eigenvalue weighted by Gasteiger charge is -2.11. The molecule has 0 saturated carbocycles. The predicted octanol–water partition coefficient (Wildman–Crippen LogP) is 2.94. The van der Waals surface area contributed by atoms with Crippen molar-refractivity contribution in [3.05, 3.63) is 59.7 Å². The minimum Gasteiger partial charge on any atom is -0.480 e. The first-order chi connectivity index (χ1) is 9.22. The molecule has 3 heteroatoms. The maximum atomic E-state index is 12.2. The molecule has 19 heavy (non-hydrogen) atoms. The van der Waals surface area contributed by atoms with Crippen molar-refractivity contribution in [2.45, 2.75) is 19.4 Å². The third-order valence-corrected chi connectivity index (χ3v) is 3.23. The van der Waals surface area contributed by atoms with Crippen LogP contribution in [0, 0.1) is 6.92 Å². The Labute approximate surface area is 112 Å². The second-order valence-electron chi connectivity index (χ2n) is 4.78. The Kier molecular flexibility index (Phi) is 2.95. The van der Waals surface area contributed by atoms with E-state index < -0.39 is 6.10 Å². The molecule has 2 aromatic carbocycles. The Morgan fingerprint density at radius 2 is 2.05 bits per heavy atom. The van der Waals surface area contributed by atoms with Crippen LogP contribution in [-0.2, 0) is 11.2 Å². The van der Waals surface area contributed by atoms with Crippen LogP contribution in [0.1, 0.15) is 11.1 Å². The molecule has 3 nitrogen and oxygen atoms in total. The number of hydrogen-bond acceptors (Lipinski definition) is 2. The molecule has 1 aliphatic heterocycles. The summed E-state index contributed by atoms with van der Waals surface area (Å²) >= 11 is 0. The van der Waals surface area contributed by atoms with Gasteiger partial charge in [-0.1, -0.05) is 30.3 Å². The van der Waals surface area contributed by atoms with Gasteiger partial charge in [0.1, 0.15) is 5.75 Å². The molecule has 0 fully saturated rings. The van der Waals surface area contributed by atoms with E-state index in [1.165, 1.54) is 0 Å². The Hall–Kier alpha value is -2.29. The van der Waals surface area contributed by atoms with E-state index in [0.29, 0.717) is 6.42 Å². The molecule has 0 bridgehead atoms.